The molecule has 1 aromatic carbocycles. The van der Waals surface area contributed by atoms with Gasteiger partial charge in [0.25, 0.3) is 0 Å². The van der Waals surface area contributed by atoms with E-state index in [2.05, 4.69) is 34.8 Å². The van der Waals surface area contributed by atoms with E-state index in [-0.39, 0.29) is 5.41 Å². The summed E-state index contributed by atoms with van der Waals surface area (Å²) in [4.78, 5) is 0. The highest BCUT2D eigenvalue weighted by molar-refractivity contribution is 9.10. The molecular weight excluding hydrogens is 352 g/mol. The van der Waals surface area contributed by atoms with Crippen LogP contribution in [0.2, 0.25) is 0 Å². The first-order chi connectivity index (χ1) is 10.9. The molecule has 4 rings (SSSR count). The number of aliphatic hydroxyl groups is 1. The van der Waals surface area contributed by atoms with Crippen LogP contribution in [0.5, 0.6) is 5.75 Å². The largest absolute Gasteiger partial charge is 0.507 e. The molecule has 2 fully saturated rings. The first-order valence-electron chi connectivity index (χ1n) is 8.61. The zero-order chi connectivity index (χ0) is 16.4. The van der Waals surface area contributed by atoms with Crippen molar-refractivity contribution >= 4 is 15.9 Å². The van der Waals surface area contributed by atoms with Gasteiger partial charge in [0, 0.05) is 5.41 Å². The lowest BCUT2D eigenvalue weighted by atomic mass is 9.53. The molecule has 3 aliphatic carbocycles. The first-order valence-corrected chi connectivity index (χ1v) is 9.40. The second-order valence-corrected chi connectivity index (χ2v) is 8.77. The molecule has 0 aliphatic heterocycles. The standard InChI is InChI=1S/C20H23BrO2/c1-3-20(23)9-7-16-14-5-4-12-10-18(22)17(21)11-15(12)13(14)6-8-19(16,20)2/h1,10-11,13-14,16,22-23H,4-9H2,2H3/t13-,14+,16-,19-,20-/m0/s1. The van der Waals surface area contributed by atoms with E-state index < -0.39 is 5.60 Å². The predicted molar refractivity (Wildman–Crippen MR) is 94.2 cm³/mol. The van der Waals surface area contributed by atoms with Gasteiger partial charge in [0.15, 0.2) is 0 Å². The molecule has 0 bridgehead atoms. The van der Waals surface area contributed by atoms with Crippen LogP contribution in [0.25, 0.3) is 0 Å². The summed E-state index contributed by atoms with van der Waals surface area (Å²) in [6, 6.07) is 4.04. The predicted octanol–water partition coefficient (Wildman–Crippen LogP) is 4.38. The van der Waals surface area contributed by atoms with Gasteiger partial charge in [-0.25, -0.2) is 0 Å². The van der Waals surface area contributed by atoms with Gasteiger partial charge in [-0.1, -0.05) is 12.8 Å². The van der Waals surface area contributed by atoms with Gasteiger partial charge in [0.2, 0.25) is 0 Å². The van der Waals surface area contributed by atoms with Crippen molar-refractivity contribution < 1.29 is 10.2 Å². The average Bonchev–Trinajstić information content (AvgIpc) is 2.81. The minimum Gasteiger partial charge on any atom is -0.507 e. The number of terminal acetylenes is 1. The van der Waals surface area contributed by atoms with E-state index in [1.165, 1.54) is 11.1 Å². The van der Waals surface area contributed by atoms with Crippen molar-refractivity contribution in [3.63, 3.8) is 0 Å². The Morgan fingerprint density at radius 3 is 2.78 bits per heavy atom. The maximum Gasteiger partial charge on any atom is 0.130 e. The summed E-state index contributed by atoms with van der Waals surface area (Å²) in [5.41, 5.74) is 1.61. The van der Waals surface area contributed by atoms with Gasteiger partial charge < -0.3 is 10.2 Å². The lowest BCUT2D eigenvalue weighted by Gasteiger charge is -2.52. The third-order valence-corrected chi connectivity index (χ3v) is 7.82. The number of fused-ring (bicyclic) bond motifs is 5. The van der Waals surface area contributed by atoms with E-state index in [0.717, 1.165) is 43.0 Å². The van der Waals surface area contributed by atoms with Crippen LogP contribution in [0.3, 0.4) is 0 Å². The Hall–Kier alpha value is -0.980. The molecule has 0 saturated heterocycles. The number of rotatable bonds is 0. The molecule has 0 unspecified atom stereocenters. The molecule has 0 amide bonds. The molecular formula is C20H23BrO2. The van der Waals surface area contributed by atoms with Crippen molar-refractivity contribution in [2.75, 3.05) is 0 Å². The summed E-state index contributed by atoms with van der Waals surface area (Å²) >= 11 is 3.47. The fourth-order valence-corrected chi connectivity index (χ4v) is 6.19. The Bertz CT molecular complexity index is 706. The number of halogens is 1. The highest BCUT2D eigenvalue weighted by atomic mass is 79.9. The fourth-order valence-electron chi connectivity index (χ4n) is 5.83. The maximum absolute atomic E-state index is 10.9. The summed E-state index contributed by atoms with van der Waals surface area (Å²) in [5, 5.41) is 20.9. The van der Waals surface area contributed by atoms with Crippen molar-refractivity contribution in [3.05, 3.63) is 27.7 Å². The number of phenols is 1. The molecule has 2 saturated carbocycles. The van der Waals surface area contributed by atoms with Gasteiger partial charge >= 0.3 is 0 Å². The minimum absolute atomic E-state index is 0.144. The lowest BCUT2D eigenvalue weighted by molar-refractivity contribution is -0.0647. The normalized spacial score (nSPS) is 41.6. The van der Waals surface area contributed by atoms with Crippen LogP contribution >= 0.6 is 15.9 Å². The smallest absolute Gasteiger partial charge is 0.130 e. The van der Waals surface area contributed by atoms with Crippen LogP contribution in [0.1, 0.15) is 56.1 Å². The first kappa shape index (κ1) is 15.5. The highest BCUT2D eigenvalue weighted by Gasteiger charge is 2.61. The molecule has 1 aromatic rings. The molecule has 5 atom stereocenters. The van der Waals surface area contributed by atoms with E-state index in [9.17, 15) is 10.2 Å². The zero-order valence-corrected chi connectivity index (χ0v) is 15.1. The second kappa shape index (κ2) is 5.01. The fraction of sp³-hybridized carbons (Fsp3) is 0.600. The topological polar surface area (TPSA) is 40.5 Å². The molecule has 0 heterocycles. The Labute approximate surface area is 146 Å². The molecule has 23 heavy (non-hydrogen) atoms. The number of hydrogen-bond acceptors (Lipinski definition) is 2. The molecule has 0 radical (unpaired) electrons. The van der Waals surface area contributed by atoms with E-state index in [0.29, 0.717) is 23.5 Å². The third kappa shape index (κ3) is 1.98. The van der Waals surface area contributed by atoms with Gasteiger partial charge in [0.05, 0.1) is 4.47 Å². The second-order valence-electron chi connectivity index (χ2n) is 7.92. The number of phenolic OH excluding ortho intramolecular Hbond substituents is 1. The monoisotopic (exact) mass is 374 g/mol. The van der Waals surface area contributed by atoms with Gasteiger partial charge in [-0.15, -0.1) is 6.42 Å². The molecule has 3 heteroatoms. The summed E-state index contributed by atoms with van der Waals surface area (Å²) in [6.07, 6.45) is 11.7. The molecule has 3 aliphatic rings. The minimum atomic E-state index is -0.932. The van der Waals surface area contributed by atoms with Crippen LogP contribution in [-0.4, -0.2) is 15.8 Å². The van der Waals surface area contributed by atoms with Crippen molar-refractivity contribution in [1.29, 1.82) is 0 Å². The van der Waals surface area contributed by atoms with Crippen molar-refractivity contribution in [2.45, 2.75) is 57.0 Å². The van der Waals surface area contributed by atoms with Gasteiger partial charge in [0.1, 0.15) is 11.4 Å². The average molecular weight is 375 g/mol. The third-order valence-electron chi connectivity index (χ3n) is 7.18. The van der Waals surface area contributed by atoms with E-state index in [1.54, 1.807) is 0 Å². The van der Waals surface area contributed by atoms with E-state index in [4.69, 9.17) is 6.42 Å². The van der Waals surface area contributed by atoms with Gasteiger partial charge in [-0.2, -0.15) is 0 Å². The van der Waals surface area contributed by atoms with Gasteiger partial charge in [-0.05, 0) is 95.5 Å². The number of benzene rings is 1. The number of aromatic hydroxyl groups is 1. The SMILES string of the molecule is C#C[C@]1(O)CC[C@H]2[C@@H]3CCc4cc(O)c(Br)cc4[C@H]3CC[C@@]21C. The molecule has 2 nitrogen and oxygen atoms in total. The van der Waals surface area contributed by atoms with Gasteiger partial charge in [-0.3, -0.25) is 0 Å². The van der Waals surface area contributed by atoms with E-state index in [1.807, 2.05) is 6.07 Å². The molecule has 2 N–H and O–H groups in total. The van der Waals surface area contributed by atoms with Crippen LogP contribution in [-0.2, 0) is 6.42 Å². The number of aryl methyl sites for hydroxylation is 1. The van der Waals surface area contributed by atoms with Crippen molar-refractivity contribution in [1.82, 2.24) is 0 Å². The van der Waals surface area contributed by atoms with Crippen LogP contribution in [0, 0.1) is 29.6 Å². The Morgan fingerprint density at radius 1 is 1.26 bits per heavy atom. The Balaban J connectivity index is 1.74. The van der Waals surface area contributed by atoms with Crippen LogP contribution in [0.15, 0.2) is 16.6 Å². The molecule has 122 valence electrons. The van der Waals surface area contributed by atoms with Crippen molar-refractivity contribution in [3.8, 4) is 18.1 Å². The summed E-state index contributed by atoms with van der Waals surface area (Å²) < 4.78 is 0.789. The zero-order valence-electron chi connectivity index (χ0n) is 13.5. The quantitative estimate of drug-likeness (QED) is 0.661. The van der Waals surface area contributed by atoms with Crippen LogP contribution in [0.4, 0.5) is 0 Å². The highest BCUT2D eigenvalue weighted by Crippen LogP contribution is 2.64. The lowest BCUT2D eigenvalue weighted by Crippen LogP contribution is -2.50. The maximum atomic E-state index is 10.9. The van der Waals surface area contributed by atoms with E-state index >= 15 is 0 Å². The van der Waals surface area contributed by atoms with Crippen molar-refractivity contribution in [2.24, 2.45) is 17.3 Å². The number of hydrogen-bond donors (Lipinski definition) is 2. The Kier molecular flexibility index (Phi) is 3.38. The molecule has 0 spiro atoms. The summed E-state index contributed by atoms with van der Waals surface area (Å²) in [7, 11) is 0. The Morgan fingerprint density at radius 2 is 2.04 bits per heavy atom. The molecule has 0 aromatic heterocycles. The van der Waals surface area contributed by atoms with Crippen LogP contribution < -0.4 is 0 Å². The summed E-state index contributed by atoms with van der Waals surface area (Å²) in [6.45, 7) is 2.21. The summed E-state index contributed by atoms with van der Waals surface area (Å²) in [5.74, 6) is 4.70.